The molecule has 17 heavy (non-hydrogen) atoms. The molecule has 0 fully saturated rings. The van der Waals surface area contributed by atoms with Gasteiger partial charge in [-0.3, -0.25) is 0 Å². The topological polar surface area (TPSA) is 3.24 Å². The predicted molar refractivity (Wildman–Crippen MR) is 63.7 cm³/mol. The number of hydrogen-bond donors (Lipinski definition) is 0. The first-order valence-corrected chi connectivity index (χ1v) is 5.92. The lowest BCUT2D eigenvalue weighted by Crippen LogP contribution is -2.19. The lowest BCUT2D eigenvalue weighted by Gasteiger charge is -2.19. The van der Waals surface area contributed by atoms with Crippen LogP contribution in [0.4, 0.5) is 18.9 Å². The van der Waals surface area contributed by atoms with Gasteiger partial charge < -0.3 is 4.90 Å². The van der Waals surface area contributed by atoms with Crippen molar-refractivity contribution in [1.82, 2.24) is 0 Å². The number of benzene rings is 1. The molecule has 0 aromatic heterocycles. The van der Waals surface area contributed by atoms with E-state index in [9.17, 15) is 13.2 Å². The second-order valence-corrected chi connectivity index (χ2v) is 4.21. The molecule has 1 rings (SSSR count). The number of nitrogens with zero attached hydrogens (tertiary/aromatic N) is 1. The zero-order valence-corrected chi connectivity index (χ0v) is 10.3. The van der Waals surface area contributed by atoms with E-state index in [-0.39, 0.29) is 0 Å². The molecule has 0 aliphatic heterocycles. The molecular weight excluding hydrogens is 227 g/mol. The van der Waals surface area contributed by atoms with E-state index in [1.54, 1.807) is 11.9 Å². The van der Waals surface area contributed by atoms with E-state index in [0.29, 0.717) is 12.2 Å². The Morgan fingerprint density at radius 1 is 1.00 bits per heavy atom. The van der Waals surface area contributed by atoms with Crippen molar-refractivity contribution >= 4 is 5.69 Å². The Morgan fingerprint density at radius 3 is 2.12 bits per heavy atom. The van der Waals surface area contributed by atoms with Gasteiger partial charge in [-0.1, -0.05) is 26.2 Å². The Balaban J connectivity index is 2.60. The van der Waals surface area contributed by atoms with Crippen LogP contribution in [0.1, 0.15) is 32.6 Å². The highest BCUT2D eigenvalue weighted by Crippen LogP contribution is 2.20. The third-order valence-electron chi connectivity index (χ3n) is 2.76. The molecule has 0 aliphatic rings. The van der Waals surface area contributed by atoms with Gasteiger partial charge in [0.25, 0.3) is 0 Å². The molecule has 1 nitrogen and oxygen atoms in total. The van der Waals surface area contributed by atoms with Gasteiger partial charge in [0.1, 0.15) is 0 Å². The Hall–Kier alpha value is -1.19. The molecule has 0 amide bonds. The molecule has 0 unspecified atom stereocenters. The van der Waals surface area contributed by atoms with Crippen LogP contribution in [0.25, 0.3) is 0 Å². The number of rotatable bonds is 6. The second-order valence-electron chi connectivity index (χ2n) is 4.21. The summed E-state index contributed by atoms with van der Waals surface area (Å²) in [5.74, 6) is -3.69. The molecule has 0 bridgehead atoms. The lowest BCUT2D eigenvalue weighted by molar-refractivity contribution is 0.447. The third-order valence-corrected chi connectivity index (χ3v) is 2.76. The number of hydrogen-bond acceptors (Lipinski definition) is 1. The minimum absolute atomic E-state index is 0.373. The average molecular weight is 245 g/mol. The smallest absolute Gasteiger partial charge is 0.194 e. The molecule has 0 saturated heterocycles. The Labute approximate surface area is 100 Å². The summed E-state index contributed by atoms with van der Waals surface area (Å²) < 4.78 is 38.8. The first-order chi connectivity index (χ1) is 8.06. The SMILES string of the molecule is CCCCCCN(C)c1cc(F)c(F)c(F)c1. The minimum Gasteiger partial charge on any atom is -0.374 e. The number of halogens is 3. The predicted octanol–water partition coefficient (Wildman–Crippen LogP) is 4.12. The van der Waals surface area contributed by atoms with Crippen molar-refractivity contribution in [2.75, 3.05) is 18.5 Å². The van der Waals surface area contributed by atoms with Crippen LogP contribution in [0.15, 0.2) is 12.1 Å². The van der Waals surface area contributed by atoms with Crippen molar-refractivity contribution < 1.29 is 13.2 Å². The maximum atomic E-state index is 13.0. The van der Waals surface area contributed by atoms with Gasteiger partial charge in [-0.05, 0) is 6.42 Å². The summed E-state index contributed by atoms with van der Waals surface area (Å²) in [6.07, 6.45) is 4.35. The third kappa shape index (κ3) is 3.95. The summed E-state index contributed by atoms with van der Waals surface area (Å²) in [5.41, 5.74) is 0.373. The zero-order chi connectivity index (χ0) is 12.8. The molecule has 1 aromatic carbocycles. The van der Waals surface area contributed by atoms with Gasteiger partial charge in [0, 0.05) is 31.4 Å². The fraction of sp³-hybridized carbons (Fsp3) is 0.538. The van der Waals surface area contributed by atoms with Crippen molar-refractivity contribution in [3.05, 3.63) is 29.6 Å². The average Bonchev–Trinajstić information content (AvgIpc) is 2.30. The monoisotopic (exact) mass is 245 g/mol. The highest BCUT2D eigenvalue weighted by atomic mass is 19.2. The molecule has 0 N–H and O–H groups in total. The van der Waals surface area contributed by atoms with Crippen LogP contribution < -0.4 is 4.90 Å². The summed E-state index contributed by atoms with van der Waals surface area (Å²) in [7, 11) is 1.75. The molecule has 0 spiro atoms. The fourth-order valence-electron chi connectivity index (χ4n) is 1.67. The molecule has 4 heteroatoms. The largest absolute Gasteiger partial charge is 0.374 e. The van der Waals surface area contributed by atoms with E-state index in [4.69, 9.17) is 0 Å². The Kier molecular flexibility index (Phi) is 5.32. The minimum atomic E-state index is -1.41. The lowest BCUT2D eigenvalue weighted by atomic mass is 10.2. The quantitative estimate of drug-likeness (QED) is 0.538. The summed E-state index contributed by atoms with van der Waals surface area (Å²) in [5, 5.41) is 0. The summed E-state index contributed by atoms with van der Waals surface area (Å²) in [4.78, 5) is 1.74. The van der Waals surface area contributed by atoms with Crippen molar-refractivity contribution in [1.29, 1.82) is 0 Å². The van der Waals surface area contributed by atoms with Crippen molar-refractivity contribution in [2.24, 2.45) is 0 Å². The van der Waals surface area contributed by atoms with Crippen LogP contribution in [0.2, 0.25) is 0 Å². The van der Waals surface area contributed by atoms with Gasteiger partial charge in [0.05, 0.1) is 0 Å². The van der Waals surface area contributed by atoms with Gasteiger partial charge in [0.15, 0.2) is 17.5 Å². The fourth-order valence-corrected chi connectivity index (χ4v) is 1.67. The van der Waals surface area contributed by atoms with Gasteiger partial charge >= 0.3 is 0 Å². The highest BCUT2D eigenvalue weighted by molar-refractivity contribution is 5.46. The maximum absolute atomic E-state index is 13.0. The van der Waals surface area contributed by atoms with E-state index in [0.717, 1.165) is 37.8 Å². The second kappa shape index (κ2) is 6.52. The van der Waals surface area contributed by atoms with E-state index in [1.165, 1.54) is 0 Å². The van der Waals surface area contributed by atoms with Gasteiger partial charge in [-0.15, -0.1) is 0 Å². The molecule has 0 heterocycles. The van der Waals surface area contributed by atoms with Gasteiger partial charge in [0.2, 0.25) is 0 Å². The Bertz CT molecular complexity index is 343. The molecule has 0 radical (unpaired) electrons. The maximum Gasteiger partial charge on any atom is 0.194 e. The molecule has 1 aromatic rings. The first kappa shape index (κ1) is 13.9. The molecule has 0 aliphatic carbocycles. The van der Waals surface area contributed by atoms with Crippen LogP contribution in [0, 0.1) is 17.5 Å². The molecule has 96 valence electrons. The van der Waals surface area contributed by atoms with Gasteiger partial charge in [-0.25, -0.2) is 13.2 Å². The van der Waals surface area contributed by atoms with Crippen molar-refractivity contribution in [3.63, 3.8) is 0 Å². The normalized spacial score (nSPS) is 10.6. The van der Waals surface area contributed by atoms with E-state index in [1.807, 2.05) is 0 Å². The highest BCUT2D eigenvalue weighted by Gasteiger charge is 2.12. The number of anilines is 1. The Morgan fingerprint density at radius 2 is 1.59 bits per heavy atom. The zero-order valence-electron chi connectivity index (χ0n) is 10.3. The van der Waals surface area contributed by atoms with Crippen LogP contribution in [-0.4, -0.2) is 13.6 Å². The summed E-state index contributed by atoms with van der Waals surface area (Å²) in [6.45, 7) is 2.83. The van der Waals surface area contributed by atoms with Crippen LogP contribution in [0.5, 0.6) is 0 Å². The van der Waals surface area contributed by atoms with E-state index < -0.39 is 17.5 Å². The van der Waals surface area contributed by atoms with Crippen LogP contribution in [-0.2, 0) is 0 Å². The summed E-state index contributed by atoms with van der Waals surface area (Å²) in [6, 6.07) is 2.05. The van der Waals surface area contributed by atoms with Crippen molar-refractivity contribution in [3.8, 4) is 0 Å². The summed E-state index contributed by atoms with van der Waals surface area (Å²) >= 11 is 0. The van der Waals surface area contributed by atoms with Crippen LogP contribution >= 0.6 is 0 Å². The standard InChI is InChI=1S/C13H18F3N/c1-3-4-5-6-7-17(2)10-8-11(14)13(16)12(15)9-10/h8-9H,3-7H2,1-2H3. The van der Waals surface area contributed by atoms with E-state index in [2.05, 4.69) is 6.92 Å². The molecule has 0 saturated carbocycles. The van der Waals surface area contributed by atoms with Crippen molar-refractivity contribution in [2.45, 2.75) is 32.6 Å². The first-order valence-electron chi connectivity index (χ1n) is 5.92. The van der Waals surface area contributed by atoms with Crippen LogP contribution in [0.3, 0.4) is 0 Å². The number of unbranched alkanes of at least 4 members (excludes halogenated alkanes) is 3. The molecule has 0 atom stereocenters. The molecular formula is C13H18F3N. The van der Waals surface area contributed by atoms with E-state index >= 15 is 0 Å². The van der Waals surface area contributed by atoms with Gasteiger partial charge in [-0.2, -0.15) is 0 Å².